The van der Waals surface area contributed by atoms with E-state index in [9.17, 15) is 4.79 Å². The minimum Gasteiger partial charge on any atom is -0.348 e. The molecule has 3 nitrogen and oxygen atoms in total. The van der Waals surface area contributed by atoms with Crippen molar-refractivity contribution in [3.63, 3.8) is 0 Å². The van der Waals surface area contributed by atoms with Crippen molar-refractivity contribution < 1.29 is 4.79 Å². The summed E-state index contributed by atoms with van der Waals surface area (Å²) in [7, 11) is 0. The van der Waals surface area contributed by atoms with Gasteiger partial charge in [0.1, 0.15) is 0 Å². The van der Waals surface area contributed by atoms with Crippen molar-refractivity contribution in [3.8, 4) is 0 Å². The van der Waals surface area contributed by atoms with Gasteiger partial charge in [-0.05, 0) is 38.8 Å². The van der Waals surface area contributed by atoms with E-state index in [1.165, 1.54) is 12.0 Å². The summed E-state index contributed by atoms with van der Waals surface area (Å²) in [6.07, 6.45) is 3.27. The van der Waals surface area contributed by atoms with Gasteiger partial charge in [0.25, 0.3) is 0 Å². The Morgan fingerprint density at radius 1 is 1.33 bits per heavy atom. The Labute approximate surface area is 109 Å². The Morgan fingerprint density at radius 2 is 2.06 bits per heavy atom. The van der Waals surface area contributed by atoms with E-state index >= 15 is 0 Å². The Hall–Kier alpha value is -1.35. The third-order valence-electron chi connectivity index (χ3n) is 3.56. The van der Waals surface area contributed by atoms with Crippen LogP contribution in [0.5, 0.6) is 0 Å². The topological polar surface area (TPSA) is 41.1 Å². The lowest BCUT2D eigenvalue weighted by Crippen LogP contribution is -2.47. The summed E-state index contributed by atoms with van der Waals surface area (Å²) in [5.74, 6) is 0.128. The number of benzene rings is 1. The number of aryl methyl sites for hydroxylation is 1. The predicted octanol–water partition coefficient (Wildman–Crippen LogP) is 2.31. The molecule has 1 heterocycles. The van der Waals surface area contributed by atoms with Crippen LogP contribution in [-0.2, 0) is 4.79 Å². The quantitative estimate of drug-likeness (QED) is 0.859. The Balaban J connectivity index is 1.91. The summed E-state index contributed by atoms with van der Waals surface area (Å²) >= 11 is 0. The van der Waals surface area contributed by atoms with Crippen molar-refractivity contribution in [1.82, 2.24) is 10.6 Å². The SMILES string of the molecule is Cc1ccc([C@@H](C)NC(=O)[C@@H]2CCCCN2)cc1. The predicted molar refractivity (Wildman–Crippen MR) is 73.4 cm³/mol. The minimum atomic E-state index is -0.00773. The van der Waals surface area contributed by atoms with Crippen LogP contribution in [0.2, 0.25) is 0 Å². The monoisotopic (exact) mass is 246 g/mol. The first-order chi connectivity index (χ1) is 8.66. The number of carbonyl (C=O) groups is 1. The molecule has 1 fully saturated rings. The molecule has 98 valence electrons. The van der Waals surface area contributed by atoms with Gasteiger partial charge in [-0.25, -0.2) is 0 Å². The summed E-state index contributed by atoms with van der Waals surface area (Å²) in [5.41, 5.74) is 2.40. The van der Waals surface area contributed by atoms with E-state index < -0.39 is 0 Å². The van der Waals surface area contributed by atoms with Crippen LogP contribution < -0.4 is 10.6 Å². The minimum absolute atomic E-state index is 0.00773. The molecule has 0 saturated carbocycles. The zero-order valence-electron chi connectivity index (χ0n) is 11.2. The first kappa shape index (κ1) is 13.1. The molecule has 1 aromatic rings. The molecule has 1 aromatic carbocycles. The van der Waals surface area contributed by atoms with Crippen molar-refractivity contribution in [2.75, 3.05) is 6.54 Å². The number of hydrogen-bond acceptors (Lipinski definition) is 2. The van der Waals surface area contributed by atoms with Gasteiger partial charge in [0.05, 0.1) is 12.1 Å². The summed E-state index contributed by atoms with van der Waals surface area (Å²) in [4.78, 5) is 12.1. The van der Waals surface area contributed by atoms with Gasteiger partial charge < -0.3 is 10.6 Å². The third-order valence-corrected chi connectivity index (χ3v) is 3.56. The van der Waals surface area contributed by atoms with Gasteiger partial charge in [-0.15, -0.1) is 0 Å². The van der Waals surface area contributed by atoms with Crippen LogP contribution in [-0.4, -0.2) is 18.5 Å². The molecule has 2 atom stereocenters. The first-order valence-corrected chi connectivity index (χ1v) is 6.77. The molecule has 1 saturated heterocycles. The van der Waals surface area contributed by atoms with Gasteiger partial charge in [0.2, 0.25) is 5.91 Å². The lowest BCUT2D eigenvalue weighted by molar-refractivity contribution is -0.124. The van der Waals surface area contributed by atoms with Gasteiger partial charge in [-0.1, -0.05) is 36.2 Å². The van der Waals surface area contributed by atoms with Crippen LogP contribution >= 0.6 is 0 Å². The number of rotatable bonds is 3. The third kappa shape index (κ3) is 3.33. The fourth-order valence-corrected chi connectivity index (χ4v) is 2.33. The summed E-state index contributed by atoms with van der Waals surface area (Å²) in [6.45, 7) is 5.06. The van der Waals surface area contributed by atoms with Gasteiger partial charge in [0.15, 0.2) is 0 Å². The molecule has 18 heavy (non-hydrogen) atoms. The van der Waals surface area contributed by atoms with Gasteiger partial charge >= 0.3 is 0 Å². The summed E-state index contributed by atoms with van der Waals surface area (Å²) in [6, 6.07) is 8.38. The van der Waals surface area contributed by atoms with Gasteiger partial charge in [0, 0.05) is 0 Å². The first-order valence-electron chi connectivity index (χ1n) is 6.77. The zero-order valence-corrected chi connectivity index (χ0v) is 11.2. The summed E-state index contributed by atoms with van der Waals surface area (Å²) in [5, 5.41) is 6.36. The van der Waals surface area contributed by atoms with Crippen molar-refractivity contribution in [2.24, 2.45) is 0 Å². The van der Waals surface area contributed by atoms with Crippen molar-refractivity contribution in [3.05, 3.63) is 35.4 Å². The molecule has 0 unspecified atom stereocenters. The molecule has 3 heteroatoms. The van der Waals surface area contributed by atoms with Crippen LogP contribution in [0.4, 0.5) is 0 Å². The van der Waals surface area contributed by atoms with Gasteiger partial charge in [-0.2, -0.15) is 0 Å². The standard InChI is InChI=1S/C15H22N2O/c1-11-6-8-13(9-7-11)12(2)17-15(18)14-5-3-4-10-16-14/h6-9,12,14,16H,3-5,10H2,1-2H3,(H,17,18)/t12-,14+/m1/s1. The van der Waals surface area contributed by atoms with Gasteiger partial charge in [-0.3, -0.25) is 4.79 Å². The fraction of sp³-hybridized carbons (Fsp3) is 0.533. The molecule has 0 aromatic heterocycles. The highest BCUT2D eigenvalue weighted by Gasteiger charge is 2.21. The molecule has 2 rings (SSSR count). The average Bonchev–Trinajstić information content (AvgIpc) is 2.40. The Bertz CT molecular complexity index is 393. The van der Waals surface area contributed by atoms with E-state index in [4.69, 9.17) is 0 Å². The van der Waals surface area contributed by atoms with Crippen LogP contribution in [0.1, 0.15) is 43.4 Å². The molecule has 2 N–H and O–H groups in total. The van der Waals surface area contributed by atoms with E-state index in [1.807, 2.05) is 6.92 Å². The van der Waals surface area contributed by atoms with E-state index in [-0.39, 0.29) is 18.0 Å². The Kier molecular flexibility index (Phi) is 4.37. The second-order valence-corrected chi connectivity index (χ2v) is 5.14. The maximum Gasteiger partial charge on any atom is 0.237 e. The average molecular weight is 246 g/mol. The molecular weight excluding hydrogens is 224 g/mol. The molecule has 0 bridgehead atoms. The highest BCUT2D eigenvalue weighted by atomic mass is 16.2. The lowest BCUT2D eigenvalue weighted by Gasteiger charge is -2.24. The molecule has 1 aliphatic heterocycles. The molecule has 0 spiro atoms. The van der Waals surface area contributed by atoms with Crippen LogP contribution in [0, 0.1) is 6.92 Å². The second-order valence-electron chi connectivity index (χ2n) is 5.14. The normalized spacial score (nSPS) is 21.3. The van der Waals surface area contributed by atoms with Crippen molar-refractivity contribution >= 4 is 5.91 Å². The van der Waals surface area contributed by atoms with E-state index in [0.717, 1.165) is 24.9 Å². The number of amides is 1. The van der Waals surface area contributed by atoms with E-state index in [1.54, 1.807) is 0 Å². The highest BCUT2D eigenvalue weighted by Crippen LogP contribution is 2.14. The smallest absolute Gasteiger partial charge is 0.237 e. The molecule has 1 amide bonds. The molecular formula is C15H22N2O. The maximum absolute atomic E-state index is 12.1. The molecule has 1 aliphatic rings. The largest absolute Gasteiger partial charge is 0.348 e. The molecule has 0 radical (unpaired) electrons. The van der Waals surface area contributed by atoms with Crippen LogP contribution in [0.3, 0.4) is 0 Å². The molecule has 0 aliphatic carbocycles. The van der Waals surface area contributed by atoms with E-state index in [2.05, 4.69) is 41.8 Å². The van der Waals surface area contributed by atoms with Crippen molar-refractivity contribution in [2.45, 2.75) is 45.2 Å². The number of piperidine rings is 1. The zero-order chi connectivity index (χ0) is 13.0. The van der Waals surface area contributed by atoms with Crippen LogP contribution in [0.25, 0.3) is 0 Å². The maximum atomic E-state index is 12.1. The fourth-order valence-electron chi connectivity index (χ4n) is 2.33. The lowest BCUT2D eigenvalue weighted by atomic mass is 10.0. The highest BCUT2D eigenvalue weighted by molar-refractivity contribution is 5.82. The number of hydrogen-bond donors (Lipinski definition) is 2. The number of nitrogens with one attached hydrogen (secondary N) is 2. The van der Waals surface area contributed by atoms with Crippen molar-refractivity contribution in [1.29, 1.82) is 0 Å². The number of carbonyl (C=O) groups excluding carboxylic acids is 1. The van der Waals surface area contributed by atoms with E-state index in [0.29, 0.717) is 0 Å². The summed E-state index contributed by atoms with van der Waals surface area (Å²) < 4.78 is 0. The van der Waals surface area contributed by atoms with Crippen LogP contribution in [0.15, 0.2) is 24.3 Å². The second kappa shape index (κ2) is 6.01. The Morgan fingerprint density at radius 3 is 2.67 bits per heavy atom.